The van der Waals surface area contributed by atoms with Gasteiger partial charge < -0.3 is 20.9 Å². The van der Waals surface area contributed by atoms with Gasteiger partial charge in [0, 0.05) is 22.9 Å². The van der Waals surface area contributed by atoms with Crippen LogP contribution in [-0.4, -0.2) is 7.11 Å². The summed E-state index contributed by atoms with van der Waals surface area (Å²) in [6.07, 6.45) is 0. The van der Waals surface area contributed by atoms with Crippen LogP contribution in [0, 0.1) is 11.3 Å². The van der Waals surface area contributed by atoms with E-state index in [2.05, 4.69) is 6.07 Å². The molecule has 0 spiro atoms. The molecule has 0 unspecified atom stereocenters. The fourth-order valence-electron chi connectivity index (χ4n) is 2.70. The Hall–Kier alpha value is -3.13. The van der Waals surface area contributed by atoms with Crippen LogP contribution in [0.5, 0.6) is 11.5 Å². The Bertz CT molecular complexity index is 806. The van der Waals surface area contributed by atoms with E-state index < -0.39 is 0 Å². The van der Waals surface area contributed by atoms with E-state index in [1.807, 2.05) is 30.3 Å². The van der Waals surface area contributed by atoms with E-state index in [9.17, 15) is 5.26 Å². The maximum Gasteiger partial charge on any atom is 0.205 e. The third kappa shape index (κ3) is 2.11. The summed E-state index contributed by atoms with van der Waals surface area (Å²) in [6.45, 7) is 0. The van der Waals surface area contributed by atoms with Crippen LogP contribution in [0.3, 0.4) is 0 Å². The first-order chi connectivity index (χ1) is 10.7. The first-order valence-electron chi connectivity index (χ1n) is 6.75. The zero-order valence-corrected chi connectivity index (χ0v) is 12.0. The van der Waals surface area contributed by atoms with E-state index in [-0.39, 0.29) is 11.8 Å². The number of hydrogen-bond donors (Lipinski definition) is 2. The van der Waals surface area contributed by atoms with Crippen LogP contribution in [-0.2, 0) is 0 Å². The second-order valence-corrected chi connectivity index (χ2v) is 4.96. The summed E-state index contributed by atoms with van der Waals surface area (Å²) in [5, 5.41) is 9.50. The monoisotopic (exact) mass is 293 g/mol. The topological polar surface area (TPSA) is 94.3 Å². The molecule has 0 saturated carbocycles. The lowest BCUT2D eigenvalue weighted by Crippen LogP contribution is -2.21. The first kappa shape index (κ1) is 13.8. The Morgan fingerprint density at radius 2 is 1.91 bits per heavy atom. The molecule has 2 aromatic rings. The molecule has 22 heavy (non-hydrogen) atoms. The molecule has 0 saturated heterocycles. The Morgan fingerprint density at radius 1 is 1.14 bits per heavy atom. The molecule has 2 aromatic carbocycles. The average Bonchev–Trinajstić information content (AvgIpc) is 2.53. The summed E-state index contributed by atoms with van der Waals surface area (Å²) in [5.41, 5.74) is 14.4. The number of nitrogens with zero attached hydrogens (tertiary/aromatic N) is 1. The van der Waals surface area contributed by atoms with Gasteiger partial charge in [-0.2, -0.15) is 5.26 Å². The highest BCUT2D eigenvalue weighted by molar-refractivity contribution is 5.61. The van der Waals surface area contributed by atoms with Crippen LogP contribution >= 0.6 is 0 Å². The van der Waals surface area contributed by atoms with Crippen molar-refractivity contribution in [3.8, 4) is 17.6 Å². The molecule has 1 aliphatic heterocycles. The summed E-state index contributed by atoms with van der Waals surface area (Å²) in [7, 11) is 1.60. The SMILES string of the molecule is COc1ccccc1[C@@H]1C(C#N)=C(N)Oc2cc(N)ccc21. The van der Waals surface area contributed by atoms with E-state index >= 15 is 0 Å². The molecule has 0 fully saturated rings. The molecule has 0 radical (unpaired) electrons. The number of nitrogen functional groups attached to an aromatic ring is 1. The molecule has 0 bridgehead atoms. The summed E-state index contributed by atoms with van der Waals surface area (Å²) in [5.74, 6) is 1.01. The minimum atomic E-state index is -0.342. The van der Waals surface area contributed by atoms with E-state index in [0.29, 0.717) is 22.8 Å². The van der Waals surface area contributed by atoms with Gasteiger partial charge in [-0.15, -0.1) is 0 Å². The number of ether oxygens (including phenoxy) is 2. The van der Waals surface area contributed by atoms with Crippen molar-refractivity contribution in [1.29, 1.82) is 5.26 Å². The molecule has 1 atom stereocenters. The molecule has 0 aromatic heterocycles. The van der Waals surface area contributed by atoms with Crippen molar-refractivity contribution in [1.82, 2.24) is 0 Å². The average molecular weight is 293 g/mol. The molecule has 1 aliphatic rings. The summed E-state index contributed by atoms with van der Waals surface area (Å²) < 4.78 is 11.0. The molecule has 4 N–H and O–H groups in total. The molecular formula is C17H15N3O2. The number of rotatable bonds is 2. The van der Waals surface area contributed by atoms with Crippen LogP contribution in [0.15, 0.2) is 53.9 Å². The highest BCUT2D eigenvalue weighted by Crippen LogP contribution is 2.45. The molecule has 110 valence electrons. The van der Waals surface area contributed by atoms with Crippen molar-refractivity contribution >= 4 is 5.69 Å². The van der Waals surface area contributed by atoms with Gasteiger partial charge in [0.15, 0.2) is 0 Å². The highest BCUT2D eigenvalue weighted by atomic mass is 16.5. The van der Waals surface area contributed by atoms with Gasteiger partial charge in [0.25, 0.3) is 0 Å². The molecule has 0 amide bonds. The van der Waals surface area contributed by atoms with Crippen molar-refractivity contribution < 1.29 is 9.47 Å². The molecule has 5 heteroatoms. The zero-order valence-electron chi connectivity index (χ0n) is 12.0. The van der Waals surface area contributed by atoms with Gasteiger partial charge in [-0.3, -0.25) is 0 Å². The lowest BCUT2D eigenvalue weighted by molar-refractivity contribution is 0.387. The van der Waals surface area contributed by atoms with Crippen LogP contribution in [0.2, 0.25) is 0 Å². The Morgan fingerprint density at radius 3 is 2.64 bits per heavy atom. The van der Waals surface area contributed by atoms with Crippen LogP contribution in [0.25, 0.3) is 0 Å². The third-order valence-electron chi connectivity index (χ3n) is 3.69. The number of benzene rings is 2. The van der Waals surface area contributed by atoms with Gasteiger partial charge in [-0.1, -0.05) is 24.3 Å². The molecular weight excluding hydrogens is 278 g/mol. The minimum Gasteiger partial charge on any atom is -0.496 e. The molecule has 1 heterocycles. The number of allylic oxidation sites excluding steroid dienone is 1. The summed E-state index contributed by atoms with van der Waals surface area (Å²) in [4.78, 5) is 0. The van der Waals surface area contributed by atoms with Crippen LogP contribution in [0.1, 0.15) is 17.0 Å². The standard InChI is InChI=1S/C17H15N3O2/c1-21-14-5-3-2-4-11(14)16-12-7-6-10(19)8-15(12)22-17(20)13(16)9-18/h2-8,16H,19-20H2,1H3/t16-/m0/s1. The number of nitriles is 1. The van der Waals surface area contributed by atoms with Gasteiger partial charge in [0.05, 0.1) is 13.0 Å². The summed E-state index contributed by atoms with van der Waals surface area (Å²) >= 11 is 0. The first-order valence-corrected chi connectivity index (χ1v) is 6.75. The normalized spacial score (nSPS) is 16.5. The van der Waals surface area contributed by atoms with Gasteiger partial charge >= 0.3 is 0 Å². The van der Waals surface area contributed by atoms with Gasteiger partial charge in [0.2, 0.25) is 5.88 Å². The van der Waals surface area contributed by atoms with Gasteiger partial charge in [0.1, 0.15) is 23.1 Å². The van der Waals surface area contributed by atoms with Crippen molar-refractivity contribution in [2.75, 3.05) is 12.8 Å². The lowest BCUT2D eigenvalue weighted by atomic mass is 9.83. The second kappa shape index (κ2) is 5.34. The number of methoxy groups -OCH3 is 1. The number of para-hydroxylation sites is 1. The van der Waals surface area contributed by atoms with Crippen molar-refractivity contribution in [3.63, 3.8) is 0 Å². The fourth-order valence-corrected chi connectivity index (χ4v) is 2.70. The second-order valence-electron chi connectivity index (χ2n) is 4.96. The number of anilines is 1. The summed E-state index contributed by atoms with van der Waals surface area (Å²) in [6, 6.07) is 15.0. The largest absolute Gasteiger partial charge is 0.496 e. The maximum atomic E-state index is 9.50. The van der Waals surface area contributed by atoms with Crippen molar-refractivity contribution in [2.24, 2.45) is 5.73 Å². The van der Waals surface area contributed by atoms with Crippen molar-refractivity contribution in [3.05, 3.63) is 65.0 Å². The number of hydrogen-bond acceptors (Lipinski definition) is 5. The number of nitrogens with two attached hydrogens (primary N) is 2. The maximum absolute atomic E-state index is 9.50. The van der Waals surface area contributed by atoms with Gasteiger partial charge in [-0.25, -0.2) is 0 Å². The van der Waals surface area contributed by atoms with Crippen LogP contribution in [0.4, 0.5) is 5.69 Å². The Balaban J connectivity index is 2.26. The molecule has 3 rings (SSSR count). The highest BCUT2D eigenvalue weighted by Gasteiger charge is 2.32. The predicted octanol–water partition coefficient (Wildman–Crippen LogP) is 2.50. The minimum absolute atomic E-state index is 0.0940. The quantitative estimate of drug-likeness (QED) is 0.830. The van der Waals surface area contributed by atoms with E-state index in [1.165, 1.54) is 0 Å². The van der Waals surface area contributed by atoms with E-state index in [4.69, 9.17) is 20.9 Å². The Kier molecular flexibility index (Phi) is 3.36. The van der Waals surface area contributed by atoms with E-state index in [1.54, 1.807) is 19.2 Å². The van der Waals surface area contributed by atoms with Crippen LogP contribution < -0.4 is 20.9 Å². The number of fused-ring (bicyclic) bond motifs is 1. The fraction of sp³-hybridized carbons (Fsp3) is 0.118. The smallest absolute Gasteiger partial charge is 0.205 e. The van der Waals surface area contributed by atoms with E-state index in [0.717, 1.165) is 11.1 Å². The predicted molar refractivity (Wildman–Crippen MR) is 83.1 cm³/mol. The third-order valence-corrected chi connectivity index (χ3v) is 3.69. The van der Waals surface area contributed by atoms with Gasteiger partial charge in [-0.05, 0) is 12.1 Å². The molecule has 5 nitrogen and oxygen atoms in total. The lowest BCUT2D eigenvalue weighted by Gasteiger charge is -2.27. The Labute approximate surface area is 128 Å². The molecule has 0 aliphatic carbocycles. The van der Waals surface area contributed by atoms with Crippen molar-refractivity contribution in [2.45, 2.75) is 5.92 Å². The zero-order chi connectivity index (χ0) is 15.7.